The summed E-state index contributed by atoms with van der Waals surface area (Å²) in [6.07, 6.45) is 3.27. The Morgan fingerprint density at radius 1 is 1.14 bits per heavy atom. The number of thiophene rings is 1. The molecule has 1 aromatic carbocycles. The van der Waals surface area contributed by atoms with E-state index in [-0.39, 0.29) is 11.3 Å². The van der Waals surface area contributed by atoms with Gasteiger partial charge in [-0.25, -0.2) is 9.97 Å². The number of carbonyl (C=O) groups excluding carboxylic acids is 1. The second-order valence-electron chi connectivity index (χ2n) is 7.32. The van der Waals surface area contributed by atoms with E-state index in [1.54, 1.807) is 23.1 Å². The number of amides is 1. The maximum absolute atomic E-state index is 13.0. The Balaban J connectivity index is 1.75. The molecule has 3 aromatic heterocycles. The smallest absolute Gasteiger partial charge is 0.268 e. The number of anilines is 1. The van der Waals surface area contributed by atoms with Gasteiger partial charge >= 0.3 is 0 Å². The van der Waals surface area contributed by atoms with Crippen LogP contribution in [-0.4, -0.2) is 25.7 Å². The highest BCUT2D eigenvalue weighted by molar-refractivity contribution is 7.21. The van der Waals surface area contributed by atoms with Gasteiger partial charge in [-0.15, -0.1) is 11.3 Å². The molecule has 0 aliphatic heterocycles. The highest BCUT2D eigenvalue weighted by Crippen LogP contribution is 2.36. The number of nitrogens with one attached hydrogen (secondary N) is 1. The van der Waals surface area contributed by atoms with Crippen molar-refractivity contribution in [2.24, 2.45) is 0 Å². The van der Waals surface area contributed by atoms with Gasteiger partial charge in [0.05, 0.1) is 10.7 Å². The lowest BCUT2D eigenvalue weighted by Gasteiger charge is -2.13. The first-order valence-electron chi connectivity index (χ1n) is 8.71. The molecule has 1 N–H and O–H groups in total. The molecule has 0 radical (unpaired) electrons. The van der Waals surface area contributed by atoms with Crippen LogP contribution < -0.4 is 5.32 Å². The minimum Gasteiger partial charge on any atom is -0.306 e. The number of halogens is 1. The number of carbonyl (C=O) groups is 1. The topological polar surface area (TPSA) is 72.7 Å². The molecule has 0 aliphatic carbocycles. The molecule has 3 heterocycles. The quantitative estimate of drug-likeness (QED) is 0.510. The SMILES string of the molecule is CC(C)(C)c1cc(NC(=O)c2sc3ccccc3c2Cl)n(-c2ncccn2)n1. The molecule has 0 aliphatic rings. The number of nitrogens with zero attached hydrogens (tertiary/aromatic N) is 4. The third-order valence-corrected chi connectivity index (χ3v) is 5.88. The van der Waals surface area contributed by atoms with Gasteiger partial charge in [-0.1, -0.05) is 50.6 Å². The molecule has 0 saturated carbocycles. The van der Waals surface area contributed by atoms with Crippen LogP contribution in [0.15, 0.2) is 48.8 Å². The Bertz CT molecular complexity index is 1160. The molecule has 0 fully saturated rings. The first kappa shape index (κ1) is 18.6. The van der Waals surface area contributed by atoms with Crippen molar-refractivity contribution in [2.45, 2.75) is 26.2 Å². The van der Waals surface area contributed by atoms with Crippen molar-refractivity contribution < 1.29 is 4.79 Å². The lowest BCUT2D eigenvalue weighted by Crippen LogP contribution is -2.15. The fraction of sp³-hybridized carbons (Fsp3) is 0.200. The van der Waals surface area contributed by atoms with Gasteiger partial charge in [-0.3, -0.25) is 4.79 Å². The summed E-state index contributed by atoms with van der Waals surface area (Å²) < 4.78 is 2.51. The zero-order valence-electron chi connectivity index (χ0n) is 15.6. The van der Waals surface area contributed by atoms with E-state index < -0.39 is 0 Å². The summed E-state index contributed by atoms with van der Waals surface area (Å²) in [5, 5.41) is 8.86. The first-order valence-corrected chi connectivity index (χ1v) is 9.90. The van der Waals surface area contributed by atoms with E-state index in [1.165, 1.54) is 11.3 Å². The third-order valence-electron chi connectivity index (χ3n) is 4.20. The van der Waals surface area contributed by atoms with Crippen molar-refractivity contribution in [3.8, 4) is 5.95 Å². The largest absolute Gasteiger partial charge is 0.306 e. The van der Waals surface area contributed by atoms with Gasteiger partial charge in [-0.2, -0.15) is 9.78 Å². The Hall–Kier alpha value is -2.77. The predicted molar refractivity (Wildman–Crippen MR) is 113 cm³/mol. The van der Waals surface area contributed by atoms with Gasteiger partial charge < -0.3 is 5.32 Å². The minimum absolute atomic E-state index is 0.200. The summed E-state index contributed by atoms with van der Waals surface area (Å²) in [7, 11) is 0. The average molecular weight is 412 g/mol. The van der Waals surface area contributed by atoms with Crippen LogP contribution in [0.3, 0.4) is 0 Å². The van der Waals surface area contributed by atoms with Crippen LogP contribution in [0.25, 0.3) is 16.0 Å². The van der Waals surface area contributed by atoms with Crippen LogP contribution in [0.4, 0.5) is 5.82 Å². The Morgan fingerprint density at radius 2 is 1.86 bits per heavy atom. The lowest BCUT2D eigenvalue weighted by molar-refractivity contribution is 0.103. The van der Waals surface area contributed by atoms with Crippen LogP contribution in [0, 0.1) is 0 Å². The van der Waals surface area contributed by atoms with E-state index in [0.29, 0.717) is 21.7 Å². The van der Waals surface area contributed by atoms with E-state index >= 15 is 0 Å². The number of rotatable bonds is 3. The number of hydrogen-bond acceptors (Lipinski definition) is 5. The van der Waals surface area contributed by atoms with Crippen LogP contribution in [0.1, 0.15) is 36.1 Å². The monoisotopic (exact) mass is 411 g/mol. The molecule has 0 bridgehead atoms. The molecule has 0 saturated heterocycles. The second kappa shape index (κ2) is 7.00. The summed E-state index contributed by atoms with van der Waals surface area (Å²) in [6, 6.07) is 11.3. The number of fused-ring (bicyclic) bond motifs is 1. The number of aromatic nitrogens is 4. The van der Waals surface area contributed by atoms with Crippen molar-refractivity contribution in [1.29, 1.82) is 0 Å². The van der Waals surface area contributed by atoms with E-state index in [1.807, 2.05) is 30.3 Å². The van der Waals surface area contributed by atoms with Gasteiger partial charge in [0, 0.05) is 34.0 Å². The molecule has 4 aromatic rings. The van der Waals surface area contributed by atoms with Gasteiger partial charge in [0.1, 0.15) is 10.7 Å². The van der Waals surface area contributed by atoms with Gasteiger partial charge in [-0.05, 0) is 12.1 Å². The Labute approximate surface area is 171 Å². The molecule has 0 atom stereocenters. The Morgan fingerprint density at radius 3 is 2.54 bits per heavy atom. The molecule has 4 rings (SSSR count). The zero-order valence-corrected chi connectivity index (χ0v) is 17.2. The summed E-state index contributed by atoms with van der Waals surface area (Å²) in [4.78, 5) is 21.9. The molecule has 0 spiro atoms. The van der Waals surface area contributed by atoms with Crippen LogP contribution >= 0.6 is 22.9 Å². The first-order chi connectivity index (χ1) is 13.3. The van der Waals surface area contributed by atoms with Crippen LogP contribution in [-0.2, 0) is 5.41 Å². The summed E-state index contributed by atoms with van der Waals surface area (Å²) >= 11 is 7.82. The van der Waals surface area contributed by atoms with Crippen molar-refractivity contribution in [3.63, 3.8) is 0 Å². The van der Waals surface area contributed by atoms with Crippen LogP contribution in [0.5, 0.6) is 0 Å². The molecule has 28 heavy (non-hydrogen) atoms. The van der Waals surface area contributed by atoms with E-state index in [2.05, 4.69) is 41.2 Å². The fourth-order valence-corrected chi connectivity index (χ4v) is 4.14. The minimum atomic E-state index is -0.288. The fourth-order valence-electron chi connectivity index (χ4n) is 2.72. The normalized spacial score (nSPS) is 11.7. The highest BCUT2D eigenvalue weighted by atomic mass is 35.5. The summed E-state index contributed by atoms with van der Waals surface area (Å²) in [6.45, 7) is 6.17. The predicted octanol–water partition coefficient (Wildman–Crippen LogP) is 5.08. The second-order valence-corrected chi connectivity index (χ2v) is 8.75. The van der Waals surface area contributed by atoms with Gasteiger partial charge in [0.25, 0.3) is 11.9 Å². The van der Waals surface area contributed by atoms with E-state index in [4.69, 9.17) is 11.6 Å². The molecule has 0 unspecified atom stereocenters. The van der Waals surface area contributed by atoms with E-state index in [0.717, 1.165) is 15.8 Å². The highest BCUT2D eigenvalue weighted by Gasteiger charge is 2.24. The molecular formula is C20H18ClN5OS. The lowest BCUT2D eigenvalue weighted by atomic mass is 9.92. The maximum Gasteiger partial charge on any atom is 0.268 e. The molecule has 142 valence electrons. The zero-order chi connectivity index (χ0) is 19.9. The number of benzene rings is 1. The molecular weight excluding hydrogens is 394 g/mol. The molecule has 1 amide bonds. The van der Waals surface area contributed by atoms with Crippen molar-refractivity contribution in [1.82, 2.24) is 19.7 Å². The molecule has 8 heteroatoms. The summed E-state index contributed by atoms with van der Waals surface area (Å²) in [5.41, 5.74) is 0.618. The standard InChI is InChI=1S/C20H18ClN5OS/c1-20(2,3)14-11-15(26(25-14)19-22-9-6-10-23-19)24-18(27)17-16(21)12-7-4-5-8-13(12)28-17/h4-11H,1-3H3,(H,24,27). The van der Waals surface area contributed by atoms with Crippen LogP contribution in [0.2, 0.25) is 5.02 Å². The van der Waals surface area contributed by atoms with Gasteiger partial charge in [0.15, 0.2) is 0 Å². The summed E-state index contributed by atoms with van der Waals surface area (Å²) in [5.74, 6) is 0.592. The Kier molecular flexibility index (Phi) is 4.64. The number of hydrogen-bond donors (Lipinski definition) is 1. The van der Waals surface area contributed by atoms with Gasteiger partial charge in [0.2, 0.25) is 0 Å². The average Bonchev–Trinajstić information content (AvgIpc) is 3.24. The van der Waals surface area contributed by atoms with Crippen molar-refractivity contribution >= 4 is 44.7 Å². The molecule has 6 nitrogen and oxygen atoms in total. The van der Waals surface area contributed by atoms with Crippen molar-refractivity contribution in [3.05, 3.63) is 64.4 Å². The van der Waals surface area contributed by atoms with Crippen molar-refractivity contribution in [2.75, 3.05) is 5.32 Å². The van der Waals surface area contributed by atoms with E-state index in [9.17, 15) is 4.79 Å². The third kappa shape index (κ3) is 3.39. The maximum atomic E-state index is 13.0.